The summed E-state index contributed by atoms with van der Waals surface area (Å²) in [6, 6.07) is 18.1. The van der Waals surface area contributed by atoms with Crippen molar-refractivity contribution in [3.63, 3.8) is 0 Å². The van der Waals surface area contributed by atoms with Crippen molar-refractivity contribution >= 4 is 50.7 Å². The molecule has 1 N–H and O–H groups in total. The van der Waals surface area contributed by atoms with Gasteiger partial charge in [0, 0.05) is 22.6 Å². The van der Waals surface area contributed by atoms with Crippen LogP contribution in [-0.4, -0.2) is 50.9 Å². The number of hydrogen-bond acceptors (Lipinski definition) is 5. The van der Waals surface area contributed by atoms with Gasteiger partial charge >= 0.3 is 0 Å². The fourth-order valence-corrected chi connectivity index (χ4v) is 6.03. The summed E-state index contributed by atoms with van der Waals surface area (Å²) in [5.41, 5.74) is 0.833. The van der Waals surface area contributed by atoms with E-state index in [1.54, 1.807) is 67.6 Å². The summed E-state index contributed by atoms with van der Waals surface area (Å²) in [4.78, 5) is 28.6. The summed E-state index contributed by atoms with van der Waals surface area (Å²) in [5.74, 6) is -0.396. The average molecular weight is 607 g/mol. The Balaban J connectivity index is 2.08. The van der Waals surface area contributed by atoms with E-state index in [1.807, 2.05) is 13.8 Å². The number of anilines is 1. The van der Waals surface area contributed by atoms with Crippen LogP contribution in [0.5, 0.6) is 5.75 Å². The number of ether oxygens (including phenoxy) is 1. The molecule has 0 radical (unpaired) electrons. The Morgan fingerprint density at radius 1 is 0.975 bits per heavy atom. The highest BCUT2D eigenvalue weighted by atomic mass is 35.5. The molecule has 0 spiro atoms. The maximum absolute atomic E-state index is 14.0. The van der Waals surface area contributed by atoms with E-state index in [1.165, 1.54) is 24.1 Å². The second kappa shape index (κ2) is 13.9. The van der Waals surface area contributed by atoms with Crippen molar-refractivity contribution in [1.82, 2.24) is 10.2 Å². The van der Waals surface area contributed by atoms with Gasteiger partial charge in [-0.05, 0) is 74.4 Å². The van der Waals surface area contributed by atoms with Crippen LogP contribution >= 0.6 is 23.2 Å². The highest BCUT2D eigenvalue weighted by Crippen LogP contribution is 2.28. The molecule has 214 valence electrons. The van der Waals surface area contributed by atoms with Crippen LogP contribution in [0.3, 0.4) is 0 Å². The summed E-state index contributed by atoms with van der Waals surface area (Å²) in [7, 11) is -2.66. The van der Waals surface area contributed by atoms with Gasteiger partial charge in [-0.1, -0.05) is 54.4 Å². The largest absolute Gasteiger partial charge is 0.497 e. The van der Waals surface area contributed by atoms with E-state index in [0.717, 1.165) is 4.31 Å². The van der Waals surface area contributed by atoms with Crippen LogP contribution in [0.15, 0.2) is 77.7 Å². The van der Waals surface area contributed by atoms with Crippen LogP contribution in [0.25, 0.3) is 0 Å². The summed E-state index contributed by atoms with van der Waals surface area (Å²) in [6.45, 7) is 4.85. The topological polar surface area (TPSA) is 96.0 Å². The first-order valence-electron chi connectivity index (χ1n) is 12.7. The summed E-state index contributed by atoms with van der Waals surface area (Å²) >= 11 is 12.5. The van der Waals surface area contributed by atoms with Gasteiger partial charge in [0.05, 0.1) is 17.7 Å². The lowest BCUT2D eigenvalue weighted by molar-refractivity contribution is -0.140. The molecule has 0 aliphatic rings. The van der Waals surface area contributed by atoms with Gasteiger partial charge in [0.1, 0.15) is 18.3 Å². The van der Waals surface area contributed by atoms with Gasteiger partial charge in [0.25, 0.3) is 10.0 Å². The number of nitrogens with one attached hydrogen (secondary N) is 1. The van der Waals surface area contributed by atoms with Gasteiger partial charge in [-0.2, -0.15) is 0 Å². The lowest BCUT2D eigenvalue weighted by Crippen LogP contribution is -2.53. The Morgan fingerprint density at radius 2 is 1.62 bits per heavy atom. The molecule has 3 aromatic carbocycles. The molecule has 2 amide bonds. The Labute approximate surface area is 245 Å². The molecule has 0 unspecified atom stereocenters. The van der Waals surface area contributed by atoms with E-state index in [2.05, 4.69) is 5.32 Å². The fraction of sp³-hybridized carbons (Fsp3) is 0.310. The van der Waals surface area contributed by atoms with Crippen molar-refractivity contribution in [3.8, 4) is 5.75 Å². The standard InChI is InChI=1S/C29H33Cl2N3O5S/c1-5-27(29(36)32-20(2)3)33(18-21-11-12-22(30)17-26(21)31)28(35)19-34(23-13-15-24(39-4)16-14-23)40(37,38)25-9-7-6-8-10-25/h6-17,20,27H,5,18-19H2,1-4H3,(H,32,36)/t27-/m0/s1. The van der Waals surface area contributed by atoms with Crippen molar-refractivity contribution in [2.75, 3.05) is 18.0 Å². The number of nitrogens with zero attached hydrogens (tertiary/aromatic N) is 2. The third-order valence-corrected chi connectivity index (χ3v) is 8.52. The first kappa shape index (κ1) is 31.3. The first-order valence-corrected chi connectivity index (χ1v) is 14.9. The second-order valence-electron chi connectivity index (χ2n) is 9.37. The van der Waals surface area contributed by atoms with Gasteiger partial charge in [-0.3, -0.25) is 13.9 Å². The van der Waals surface area contributed by atoms with Gasteiger partial charge in [-0.15, -0.1) is 0 Å². The van der Waals surface area contributed by atoms with E-state index >= 15 is 0 Å². The molecule has 0 aliphatic carbocycles. The van der Waals surface area contributed by atoms with E-state index in [4.69, 9.17) is 27.9 Å². The third-order valence-electron chi connectivity index (χ3n) is 6.14. The van der Waals surface area contributed by atoms with E-state index in [-0.39, 0.29) is 29.1 Å². The molecule has 0 aliphatic heterocycles. The highest BCUT2D eigenvalue weighted by molar-refractivity contribution is 7.92. The Morgan fingerprint density at radius 3 is 2.17 bits per heavy atom. The second-order valence-corrected chi connectivity index (χ2v) is 12.1. The fourth-order valence-electron chi connectivity index (χ4n) is 4.13. The molecule has 40 heavy (non-hydrogen) atoms. The van der Waals surface area contributed by atoms with Crippen molar-refractivity contribution in [1.29, 1.82) is 0 Å². The zero-order valence-corrected chi connectivity index (χ0v) is 25.1. The van der Waals surface area contributed by atoms with E-state index in [0.29, 0.717) is 27.8 Å². The van der Waals surface area contributed by atoms with Crippen molar-refractivity contribution < 1.29 is 22.7 Å². The van der Waals surface area contributed by atoms with Crippen molar-refractivity contribution in [3.05, 3.63) is 88.4 Å². The Hall–Kier alpha value is -3.27. The minimum absolute atomic E-state index is 0.0236. The molecule has 0 aromatic heterocycles. The number of halogens is 2. The van der Waals surface area contributed by atoms with Crippen LogP contribution in [0.1, 0.15) is 32.8 Å². The Bertz CT molecular complexity index is 1420. The first-order chi connectivity index (χ1) is 19.0. The molecule has 0 heterocycles. The lowest BCUT2D eigenvalue weighted by Gasteiger charge is -2.33. The zero-order valence-electron chi connectivity index (χ0n) is 22.8. The average Bonchev–Trinajstić information content (AvgIpc) is 2.92. The van der Waals surface area contributed by atoms with Crippen LogP contribution < -0.4 is 14.4 Å². The van der Waals surface area contributed by atoms with Gasteiger partial charge in [0.2, 0.25) is 11.8 Å². The van der Waals surface area contributed by atoms with E-state index < -0.39 is 28.5 Å². The maximum atomic E-state index is 14.0. The van der Waals surface area contributed by atoms with E-state index in [9.17, 15) is 18.0 Å². The van der Waals surface area contributed by atoms with Crippen LogP contribution in [0, 0.1) is 0 Å². The third kappa shape index (κ3) is 7.68. The van der Waals surface area contributed by atoms with Crippen LogP contribution in [0.4, 0.5) is 5.69 Å². The molecule has 3 aromatic rings. The molecule has 0 saturated carbocycles. The summed E-state index contributed by atoms with van der Waals surface area (Å²) < 4.78 is 33.9. The molecular weight excluding hydrogens is 573 g/mol. The minimum Gasteiger partial charge on any atom is -0.497 e. The Kier molecular flexibility index (Phi) is 10.8. The number of hydrogen-bond donors (Lipinski definition) is 1. The number of amides is 2. The molecule has 0 saturated heterocycles. The molecule has 1 atom stereocenters. The SMILES string of the molecule is CC[C@@H](C(=O)NC(C)C)N(Cc1ccc(Cl)cc1Cl)C(=O)CN(c1ccc(OC)cc1)S(=O)(=O)c1ccccc1. The quantitative estimate of drug-likeness (QED) is 0.293. The molecule has 0 fully saturated rings. The van der Waals surface area contributed by atoms with Gasteiger partial charge < -0.3 is 15.0 Å². The predicted octanol–water partition coefficient (Wildman–Crippen LogP) is 5.53. The van der Waals surface area contributed by atoms with Crippen molar-refractivity contribution in [2.45, 2.75) is 50.7 Å². The number of carbonyl (C=O) groups is 2. The lowest BCUT2D eigenvalue weighted by atomic mass is 10.1. The number of sulfonamides is 1. The normalized spacial score (nSPS) is 12.1. The monoisotopic (exact) mass is 605 g/mol. The zero-order chi connectivity index (χ0) is 29.4. The number of benzene rings is 3. The maximum Gasteiger partial charge on any atom is 0.264 e. The van der Waals surface area contributed by atoms with Crippen LogP contribution in [0.2, 0.25) is 10.0 Å². The van der Waals surface area contributed by atoms with Crippen LogP contribution in [-0.2, 0) is 26.2 Å². The molecule has 11 heteroatoms. The predicted molar refractivity (Wildman–Crippen MR) is 158 cm³/mol. The summed E-state index contributed by atoms with van der Waals surface area (Å²) in [6.07, 6.45) is 0.295. The van der Waals surface area contributed by atoms with Gasteiger partial charge in [0.15, 0.2) is 0 Å². The smallest absolute Gasteiger partial charge is 0.264 e. The van der Waals surface area contributed by atoms with Gasteiger partial charge in [-0.25, -0.2) is 8.42 Å². The molecule has 0 bridgehead atoms. The van der Waals surface area contributed by atoms with Crippen molar-refractivity contribution in [2.24, 2.45) is 0 Å². The molecular formula is C29H33Cl2N3O5S. The number of methoxy groups -OCH3 is 1. The molecule has 8 nitrogen and oxygen atoms in total. The summed E-state index contributed by atoms with van der Waals surface area (Å²) in [5, 5.41) is 3.61. The minimum atomic E-state index is -4.16. The number of carbonyl (C=O) groups excluding carboxylic acids is 2. The highest BCUT2D eigenvalue weighted by Gasteiger charge is 2.34. The number of rotatable bonds is 12. The molecule has 3 rings (SSSR count).